The normalized spacial score (nSPS) is 12.0. The van der Waals surface area contributed by atoms with Gasteiger partial charge in [0.1, 0.15) is 17.3 Å². The maximum atomic E-state index is 13.1. The fourth-order valence-electron chi connectivity index (χ4n) is 2.56. The van der Waals surface area contributed by atoms with E-state index in [9.17, 15) is 4.79 Å². The van der Waals surface area contributed by atoms with Crippen molar-refractivity contribution in [1.29, 1.82) is 0 Å². The van der Waals surface area contributed by atoms with E-state index >= 15 is 0 Å². The molecule has 0 radical (unpaired) electrons. The van der Waals surface area contributed by atoms with E-state index in [0.29, 0.717) is 10.8 Å². The largest absolute Gasteiger partial charge is 0.497 e. The molecule has 0 saturated heterocycles. The van der Waals surface area contributed by atoms with Crippen molar-refractivity contribution in [3.05, 3.63) is 66.5 Å². The van der Waals surface area contributed by atoms with Crippen LogP contribution in [0.1, 0.15) is 30.7 Å². The Hall–Kier alpha value is -2.80. The van der Waals surface area contributed by atoms with Crippen LogP contribution in [0.2, 0.25) is 0 Å². The van der Waals surface area contributed by atoms with E-state index in [2.05, 4.69) is 29.4 Å². The molecule has 1 atom stereocenters. The number of anilines is 1. The highest BCUT2D eigenvalue weighted by molar-refractivity contribution is 8.00. The van der Waals surface area contributed by atoms with Crippen LogP contribution >= 0.6 is 11.8 Å². The number of ether oxygens (including phenoxy) is 1. The summed E-state index contributed by atoms with van der Waals surface area (Å²) in [5.74, 6) is 0.627. The minimum absolute atomic E-state index is 0.116. The van der Waals surface area contributed by atoms with Crippen molar-refractivity contribution in [2.24, 2.45) is 0 Å². The molecule has 0 aliphatic carbocycles. The van der Waals surface area contributed by atoms with E-state index in [4.69, 9.17) is 4.74 Å². The van der Waals surface area contributed by atoms with Crippen LogP contribution in [-0.2, 0) is 4.79 Å². The van der Waals surface area contributed by atoms with Gasteiger partial charge in [0, 0.05) is 11.7 Å². The lowest BCUT2D eigenvalue weighted by Gasteiger charge is -2.18. The van der Waals surface area contributed by atoms with Crippen LogP contribution in [0, 0.1) is 0 Å². The van der Waals surface area contributed by atoms with Crippen molar-refractivity contribution in [1.82, 2.24) is 14.8 Å². The van der Waals surface area contributed by atoms with Gasteiger partial charge >= 0.3 is 0 Å². The summed E-state index contributed by atoms with van der Waals surface area (Å²) in [6, 6.07) is 17.2. The van der Waals surface area contributed by atoms with Gasteiger partial charge in [0.2, 0.25) is 5.91 Å². The van der Waals surface area contributed by atoms with Gasteiger partial charge in [-0.2, -0.15) is 0 Å². The summed E-state index contributed by atoms with van der Waals surface area (Å²) in [5.41, 5.74) is 1.62. The molecule has 1 unspecified atom stereocenters. The first-order valence-electron chi connectivity index (χ1n) is 8.64. The molecule has 0 spiro atoms. The molecule has 3 rings (SSSR count). The maximum absolute atomic E-state index is 13.1. The monoisotopic (exact) mass is 382 g/mol. The highest BCUT2D eigenvalue weighted by Gasteiger charge is 2.25. The van der Waals surface area contributed by atoms with Crippen LogP contribution in [0.5, 0.6) is 5.75 Å². The molecule has 0 aliphatic rings. The van der Waals surface area contributed by atoms with Crippen LogP contribution in [-0.4, -0.2) is 27.8 Å². The third-order valence-corrected chi connectivity index (χ3v) is 5.24. The molecule has 2 aromatic carbocycles. The lowest BCUT2D eigenvalue weighted by Crippen LogP contribution is -2.19. The minimum atomic E-state index is -0.449. The van der Waals surface area contributed by atoms with Gasteiger partial charge in [-0.3, -0.25) is 4.79 Å². The Kier molecular flexibility index (Phi) is 6.13. The number of rotatable bonds is 7. The Balaban J connectivity index is 1.85. The quantitative estimate of drug-likeness (QED) is 0.616. The van der Waals surface area contributed by atoms with Crippen molar-refractivity contribution < 1.29 is 9.53 Å². The van der Waals surface area contributed by atoms with Crippen molar-refractivity contribution in [3.63, 3.8) is 0 Å². The van der Waals surface area contributed by atoms with Crippen molar-refractivity contribution >= 4 is 23.4 Å². The molecule has 1 aromatic heterocycles. The fourth-order valence-corrected chi connectivity index (χ4v) is 3.70. The van der Waals surface area contributed by atoms with E-state index in [1.807, 2.05) is 59.2 Å². The highest BCUT2D eigenvalue weighted by Crippen LogP contribution is 2.36. The van der Waals surface area contributed by atoms with E-state index in [-0.39, 0.29) is 11.9 Å². The second-order valence-corrected chi connectivity index (χ2v) is 7.31. The Bertz CT molecular complexity index is 879. The number of benzene rings is 2. The average Bonchev–Trinajstić information content (AvgIpc) is 3.16. The summed E-state index contributed by atoms with van der Waals surface area (Å²) >= 11 is 1.39. The topological polar surface area (TPSA) is 69.0 Å². The van der Waals surface area contributed by atoms with Crippen LogP contribution < -0.4 is 10.1 Å². The number of nitrogens with zero attached hydrogens (tertiary/aromatic N) is 3. The second kappa shape index (κ2) is 8.73. The van der Waals surface area contributed by atoms with Gasteiger partial charge < -0.3 is 14.6 Å². The predicted octanol–water partition coefficient (Wildman–Crippen LogP) is 4.34. The molecule has 0 bridgehead atoms. The molecule has 1 N–H and O–H groups in total. The fraction of sp³-hybridized carbons (Fsp3) is 0.250. The van der Waals surface area contributed by atoms with Gasteiger partial charge in [-0.25, -0.2) is 0 Å². The number of thioether (sulfide) groups is 1. The number of nitrogens with one attached hydrogen (secondary N) is 1. The average molecular weight is 382 g/mol. The molecule has 0 fully saturated rings. The summed E-state index contributed by atoms with van der Waals surface area (Å²) < 4.78 is 7.12. The van der Waals surface area contributed by atoms with Crippen molar-refractivity contribution in [3.8, 4) is 5.75 Å². The first-order valence-corrected chi connectivity index (χ1v) is 9.52. The van der Waals surface area contributed by atoms with Gasteiger partial charge in [0.25, 0.3) is 0 Å². The molecule has 3 aromatic rings. The zero-order chi connectivity index (χ0) is 19.2. The van der Waals surface area contributed by atoms with E-state index in [0.717, 1.165) is 11.3 Å². The van der Waals surface area contributed by atoms with Crippen LogP contribution in [0.4, 0.5) is 5.69 Å². The number of methoxy groups -OCH3 is 1. The number of aromatic nitrogens is 3. The van der Waals surface area contributed by atoms with Crippen molar-refractivity contribution in [2.45, 2.75) is 30.3 Å². The number of carbonyl (C=O) groups is 1. The minimum Gasteiger partial charge on any atom is -0.497 e. The molecule has 27 heavy (non-hydrogen) atoms. The Morgan fingerprint density at radius 2 is 1.81 bits per heavy atom. The van der Waals surface area contributed by atoms with Gasteiger partial charge in [0.15, 0.2) is 5.16 Å². The van der Waals surface area contributed by atoms with E-state index in [1.54, 1.807) is 13.4 Å². The van der Waals surface area contributed by atoms with Gasteiger partial charge in [-0.05, 0) is 43.7 Å². The number of carbonyl (C=O) groups excluding carboxylic acids is 1. The highest BCUT2D eigenvalue weighted by atomic mass is 32.2. The maximum Gasteiger partial charge on any atom is 0.242 e. The summed E-state index contributed by atoms with van der Waals surface area (Å²) in [6.07, 6.45) is 1.69. The predicted molar refractivity (Wildman–Crippen MR) is 107 cm³/mol. The lowest BCUT2D eigenvalue weighted by atomic mass is 10.1. The third-order valence-electron chi connectivity index (χ3n) is 4.02. The summed E-state index contributed by atoms with van der Waals surface area (Å²) in [5, 5.41) is 11.4. The summed E-state index contributed by atoms with van der Waals surface area (Å²) in [4.78, 5) is 13.1. The molecular weight excluding hydrogens is 360 g/mol. The molecule has 1 amide bonds. The zero-order valence-corrected chi connectivity index (χ0v) is 16.3. The summed E-state index contributed by atoms with van der Waals surface area (Å²) in [6.45, 7) is 4.12. The van der Waals surface area contributed by atoms with Gasteiger partial charge in [-0.1, -0.05) is 42.1 Å². The molecular formula is C20H22N4O2S. The first kappa shape index (κ1) is 19.0. The second-order valence-electron chi connectivity index (χ2n) is 6.24. The van der Waals surface area contributed by atoms with Crippen LogP contribution in [0.3, 0.4) is 0 Å². The molecule has 140 valence electrons. The number of amides is 1. The molecule has 1 heterocycles. The van der Waals surface area contributed by atoms with E-state index < -0.39 is 5.25 Å². The van der Waals surface area contributed by atoms with E-state index in [1.165, 1.54) is 11.8 Å². The molecule has 0 aliphatic heterocycles. The Labute approximate surface area is 163 Å². The standard InChI is InChI=1S/C20H22N4O2S/c1-14(2)24-13-21-23-20(24)27-18(15-7-5-4-6-8-15)19(25)22-16-9-11-17(26-3)12-10-16/h4-14,18H,1-3H3,(H,22,25). The Morgan fingerprint density at radius 1 is 1.11 bits per heavy atom. The number of hydrogen-bond acceptors (Lipinski definition) is 5. The lowest BCUT2D eigenvalue weighted by molar-refractivity contribution is -0.115. The van der Waals surface area contributed by atoms with Crippen molar-refractivity contribution in [2.75, 3.05) is 12.4 Å². The SMILES string of the molecule is COc1ccc(NC(=O)C(Sc2nncn2C(C)C)c2ccccc2)cc1. The van der Waals surface area contributed by atoms with Crippen LogP contribution in [0.25, 0.3) is 0 Å². The van der Waals surface area contributed by atoms with Crippen LogP contribution in [0.15, 0.2) is 66.1 Å². The third kappa shape index (κ3) is 4.68. The zero-order valence-electron chi connectivity index (χ0n) is 15.5. The molecule has 6 nitrogen and oxygen atoms in total. The molecule has 0 saturated carbocycles. The first-order chi connectivity index (χ1) is 13.1. The van der Waals surface area contributed by atoms with Gasteiger partial charge in [-0.15, -0.1) is 10.2 Å². The summed E-state index contributed by atoms with van der Waals surface area (Å²) in [7, 11) is 1.61. The smallest absolute Gasteiger partial charge is 0.242 e. The number of hydrogen-bond donors (Lipinski definition) is 1. The molecule has 7 heteroatoms. The Morgan fingerprint density at radius 3 is 2.44 bits per heavy atom. The van der Waals surface area contributed by atoms with Gasteiger partial charge in [0.05, 0.1) is 7.11 Å².